The van der Waals surface area contributed by atoms with Gasteiger partial charge in [0.25, 0.3) is 0 Å². The van der Waals surface area contributed by atoms with Gasteiger partial charge in [-0.15, -0.1) is 6.58 Å². The van der Waals surface area contributed by atoms with Gasteiger partial charge >= 0.3 is 0 Å². The molecule has 0 aromatic heterocycles. The highest BCUT2D eigenvalue weighted by atomic mass is 16.1. The van der Waals surface area contributed by atoms with Crippen LogP contribution in [0.5, 0.6) is 0 Å². The van der Waals surface area contributed by atoms with E-state index in [2.05, 4.69) is 6.58 Å². The first-order valence-electron chi connectivity index (χ1n) is 5.01. The molecule has 0 fully saturated rings. The number of carbonyl (C=O) groups is 1. The normalized spacial score (nSPS) is 9.79. The fraction of sp³-hybridized carbons (Fsp3) is 0.308. The summed E-state index contributed by atoms with van der Waals surface area (Å²) in [5, 5.41) is 0. The summed E-state index contributed by atoms with van der Waals surface area (Å²) < 4.78 is 0. The van der Waals surface area contributed by atoms with Crippen molar-refractivity contribution in [2.45, 2.75) is 26.2 Å². The quantitative estimate of drug-likeness (QED) is 0.511. The number of benzene rings is 1. The first kappa shape index (κ1) is 10.7. The van der Waals surface area contributed by atoms with E-state index in [1.807, 2.05) is 37.3 Å². The second-order valence-electron chi connectivity index (χ2n) is 3.36. The SMILES string of the molecule is C=CCc1ccc(C(=O)CCC)cc1. The number of rotatable bonds is 5. The van der Waals surface area contributed by atoms with Crippen LogP contribution < -0.4 is 0 Å². The molecular formula is C13H16O. The predicted octanol–water partition coefficient (Wildman–Crippen LogP) is 3.40. The van der Waals surface area contributed by atoms with Crippen molar-refractivity contribution in [2.75, 3.05) is 0 Å². The van der Waals surface area contributed by atoms with Gasteiger partial charge < -0.3 is 0 Å². The van der Waals surface area contributed by atoms with E-state index in [-0.39, 0.29) is 5.78 Å². The van der Waals surface area contributed by atoms with E-state index in [0.29, 0.717) is 6.42 Å². The molecule has 0 bridgehead atoms. The first-order chi connectivity index (χ1) is 6.77. The average Bonchev–Trinajstić information content (AvgIpc) is 2.20. The molecule has 0 atom stereocenters. The van der Waals surface area contributed by atoms with Gasteiger partial charge in [-0.1, -0.05) is 37.3 Å². The number of ketones is 1. The van der Waals surface area contributed by atoms with Crippen LogP contribution in [0.1, 0.15) is 35.7 Å². The Morgan fingerprint density at radius 2 is 2.00 bits per heavy atom. The second kappa shape index (κ2) is 5.38. The number of Topliss-reactive ketones (excluding diaryl/α,β-unsaturated/α-hetero) is 1. The van der Waals surface area contributed by atoms with Gasteiger partial charge in [-0.3, -0.25) is 4.79 Å². The largest absolute Gasteiger partial charge is 0.294 e. The molecule has 0 saturated carbocycles. The Hall–Kier alpha value is -1.37. The molecule has 0 aliphatic heterocycles. The van der Waals surface area contributed by atoms with Crippen LogP contribution in [-0.2, 0) is 6.42 Å². The van der Waals surface area contributed by atoms with Crippen molar-refractivity contribution < 1.29 is 4.79 Å². The van der Waals surface area contributed by atoms with E-state index in [9.17, 15) is 4.79 Å². The predicted molar refractivity (Wildman–Crippen MR) is 59.6 cm³/mol. The van der Waals surface area contributed by atoms with Gasteiger partial charge in [0.15, 0.2) is 5.78 Å². The van der Waals surface area contributed by atoms with Crippen molar-refractivity contribution >= 4 is 5.78 Å². The maximum atomic E-state index is 11.5. The summed E-state index contributed by atoms with van der Waals surface area (Å²) >= 11 is 0. The molecular weight excluding hydrogens is 172 g/mol. The van der Waals surface area contributed by atoms with Crippen LogP contribution in [-0.4, -0.2) is 5.78 Å². The minimum Gasteiger partial charge on any atom is -0.294 e. The fourth-order valence-corrected chi connectivity index (χ4v) is 1.36. The van der Waals surface area contributed by atoms with Gasteiger partial charge in [-0.25, -0.2) is 0 Å². The highest BCUT2D eigenvalue weighted by molar-refractivity contribution is 5.95. The summed E-state index contributed by atoms with van der Waals surface area (Å²) in [4.78, 5) is 11.5. The van der Waals surface area contributed by atoms with Gasteiger partial charge in [-0.05, 0) is 18.4 Å². The van der Waals surface area contributed by atoms with Gasteiger partial charge in [-0.2, -0.15) is 0 Å². The van der Waals surface area contributed by atoms with Crippen molar-refractivity contribution in [3.63, 3.8) is 0 Å². The van der Waals surface area contributed by atoms with Gasteiger partial charge in [0.05, 0.1) is 0 Å². The maximum Gasteiger partial charge on any atom is 0.162 e. The molecule has 0 amide bonds. The van der Waals surface area contributed by atoms with Crippen LogP contribution >= 0.6 is 0 Å². The average molecular weight is 188 g/mol. The summed E-state index contributed by atoms with van der Waals surface area (Å²) in [6.07, 6.45) is 4.28. The van der Waals surface area contributed by atoms with Crippen molar-refractivity contribution in [1.82, 2.24) is 0 Å². The minimum absolute atomic E-state index is 0.234. The molecule has 0 unspecified atom stereocenters. The van der Waals surface area contributed by atoms with Gasteiger partial charge in [0, 0.05) is 12.0 Å². The Balaban J connectivity index is 2.72. The van der Waals surface area contributed by atoms with E-state index in [0.717, 1.165) is 18.4 Å². The van der Waals surface area contributed by atoms with Crippen LogP contribution in [0.4, 0.5) is 0 Å². The Morgan fingerprint density at radius 3 is 2.50 bits per heavy atom. The van der Waals surface area contributed by atoms with Crippen molar-refractivity contribution in [1.29, 1.82) is 0 Å². The molecule has 0 spiro atoms. The molecule has 0 aliphatic rings. The smallest absolute Gasteiger partial charge is 0.162 e. The summed E-state index contributed by atoms with van der Waals surface area (Å²) in [6, 6.07) is 7.78. The molecule has 1 aromatic rings. The van der Waals surface area contributed by atoms with Gasteiger partial charge in [0.2, 0.25) is 0 Å². The fourth-order valence-electron chi connectivity index (χ4n) is 1.36. The van der Waals surface area contributed by atoms with E-state index in [4.69, 9.17) is 0 Å². The molecule has 0 N–H and O–H groups in total. The third kappa shape index (κ3) is 2.84. The molecule has 1 aromatic carbocycles. The van der Waals surface area contributed by atoms with Crippen LogP contribution in [0.3, 0.4) is 0 Å². The standard InChI is InChI=1S/C13H16O/c1-3-5-11-7-9-12(10-8-11)13(14)6-4-2/h3,7-10H,1,4-6H2,2H3. The topological polar surface area (TPSA) is 17.1 Å². The summed E-state index contributed by atoms with van der Waals surface area (Å²) in [7, 11) is 0. The maximum absolute atomic E-state index is 11.5. The lowest BCUT2D eigenvalue weighted by atomic mass is 10.0. The molecule has 1 rings (SSSR count). The highest BCUT2D eigenvalue weighted by Crippen LogP contribution is 2.08. The van der Waals surface area contributed by atoms with Crippen molar-refractivity contribution in [2.24, 2.45) is 0 Å². The Kier molecular flexibility index (Phi) is 4.11. The lowest BCUT2D eigenvalue weighted by molar-refractivity contribution is 0.0982. The van der Waals surface area contributed by atoms with Crippen molar-refractivity contribution in [3.8, 4) is 0 Å². The summed E-state index contributed by atoms with van der Waals surface area (Å²) in [5.74, 6) is 0.234. The van der Waals surface area contributed by atoms with Crippen LogP contribution in [0.2, 0.25) is 0 Å². The zero-order valence-corrected chi connectivity index (χ0v) is 8.62. The number of hydrogen-bond acceptors (Lipinski definition) is 1. The van der Waals surface area contributed by atoms with Crippen LogP contribution in [0.15, 0.2) is 36.9 Å². The summed E-state index contributed by atoms with van der Waals surface area (Å²) in [6.45, 7) is 5.69. The third-order valence-electron chi connectivity index (χ3n) is 2.13. The Morgan fingerprint density at radius 1 is 1.36 bits per heavy atom. The molecule has 0 radical (unpaired) electrons. The highest BCUT2D eigenvalue weighted by Gasteiger charge is 2.03. The molecule has 14 heavy (non-hydrogen) atoms. The van der Waals surface area contributed by atoms with Crippen LogP contribution in [0.25, 0.3) is 0 Å². The van der Waals surface area contributed by atoms with Crippen molar-refractivity contribution in [3.05, 3.63) is 48.0 Å². The molecule has 74 valence electrons. The van der Waals surface area contributed by atoms with E-state index in [1.165, 1.54) is 5.56 Å². The van der Waals surface area contributed by atoms with E-state index < -0.39 is 0 Å². The minimum atomic E-state index is 0.234. The van der Waals surface area contributed by atoms with Gasteiger partial charge in [0.1, 0.15) is 0 Å². The van der Waals surface area contributed by atoms with E-state index in [1.54, 1.807) is 0 Å². The number of carbonyl (C=O) groups excluding carboxylic acids is 1. The van der Waals surface area contributed by atoms with E-state index >= 15 is 0 Å². The first-order valence-corrected chi connectivity index (χ1v) is 5.01. The zero-order chi connectivity index (χ0) is 10.4. The molecule has 0 aliphatic carbocycles. The van der Waals surface area contributed by atoms with Crippen LogP contribution in [0, 0.1) is 0 Å². The lowest BCUT2D eigenvalue weighted by Crippen LogP contribution is -1.97. The molecule has 0 heterocycles. The summed E-state index contributed by atoms with van der Waals surface area (Å²) in [5.41, 5.74) is 2.02. The molecule has 0 saturated heterocycles. The third-order valence-corrected chi connectivity index (χ3v) is 2.13. The second-order valence-corrected chi connectivity index (χ2v) is 3.36. The molecule has 1 heteroatoms. The Bertz CT molecular complexity index is 309. The number of allylic oxidation sites excluding steroid dienone is 1. The Labute approximate surface area is 85.5 Å². The molecule has 1 nitrogen and oxygen atoms in total. The monoisotopic (exact) mass is 188 g/mol. The zero-order valence-electron chi connectivity index (χ0n) is 8.62. The lowest BCUT2D eigenvalue weighted by Gasteiger charge is -2.00. The number of hydrogen-bond donors (Lipinski definition) is 0.